The number of carbonyl (C=O) groups excluding carboxylic acids is 4. The van der Waals surface area contributed by atoms with Gasteiger partial charge in [-0.3, -0.25) is 19.3 Å². The van der Waals surface area contributed by atoms with Crippen molar-refractivity contribution in [1.82, 2.24) is 10.2 Å². The third-order valence-corrected chi connectivity index (χ3v) is 3.48. The Labute approximate surface area is 141 Å². The molecule has 136 valence electrons. The Balaban J connectivity index is 2.47. The largest absolute Gasteiger partial charge is 0.469 e. The molecule has 0 aromatic heterocycles. The summed E-state index contributed by atoms with van der Waals surface area (Å²) in [6, 6.07) is -0.631. The van der Waals surface area contributed by atoms with Crippen molar-refractivity contribution in [3.8, 4) is 0 Å². The van der Waals surface area contributed by atoms with Crippen LogP contribution < -0.4 is 5.32 Å². The van der Waals surface area contributed by atoms with E-state index in [0.29, 0.717) is 19.4 Å². The average Bonchev–Trinajstić information content (AvgIpc) is 2.98. The Morgan fingerprint density at radius 1 is 1.17 bits per heavy atom. The number of nitrogens with zero attached hydrogens (tertiary/aromatic N) is 1. The van der Waals surface area contributed by atoms with Crippen molar-refractivity contribution in [2.24, 2.45) is 0 Å². The maximum atomic E-state index is 12.2. The molecule has 1 atom stereocenters. The fourth-order valence-electron chi connectivity index (χ4n) is 2.31. The highest BCUT2D eigenvalue weighted by Crippen LogP contribution is 2.20. The summed E-state index contributed by atoms with van der Waals surface area (Å²) in [5, 5.41) is 2.52. The molecule has 24 heavy (non-hydrogen) atoms. The molecule has 1 saturated heterocycles. The molecule has 8 heteroatoms. The van der Waals surface area contributed by atoms with Crippen LogP contribution in [-0.4, -0.2) is 60.5 Å². The lowest BCUT2D eigenvalue weighted by atomic mass is 10.2. The van der Waals surface area contributed by atoms with Crippen molar-refractivity contribution >= 4 is 23.8 Å². The summed E-state index contributed by atoms with van der Waals surface area (Å²) in [5.74, 6) is -1.12. The Morgan fingerprint density at radius 2 is 1.83 bits per heavy atom. The van der Waals surface area contributed by atoms with Crippen molar-refractivity contribution in [2.45, 2.75) is 58.1 Å². The van der Waals surface area contributed by atoms with Gasteiger partial charge in [0.05, 0.1) is 20.1 Å². The Kier molecular flexibility index (Phi) is 7.18. The molecule has 0 aromatic rings. The second kappa shape index (κ2) is 8.65. The van der Waals surface area contributed by atoms with E-state index in [4.69, 9.17) is 4.74 Å². The lowest BCUT2D eigenvalue weighted by Gasteiger charge is -2.28. The highest BCUT2D eigenvalue weighted by Gasteiger charge is 2.36. The molecular weight excluding hydrogens is 316 g/mol. The number of hydrogen-bond donors (Lipinski definition) is 1. The summed E-state index contributed by atoms with van der Waals surface area (Å²) >= 11 is 0. The summed E-state index contributed by atoms with van der Waals surface area (Å²) in [4.78, 5) is 48.4. The number of ether oxygens (including phenoxy) is 2. The number of methoxy groups -OCH3 is 1. The van der Waals surface area contributed by atoms with Gasteiger partial charge in [-0.15, -0.1) is 0 Å². The van der Waals surface area contributed by atoms with Crippen LogP contribution in [0.4, 0.5) is 4.79 Å². The summed E-state index contributed by atoms with van der Waals surface area (Å²) in [6.07, 6.45) is 0.693. The van der Waals surface area contributed by atoms with Crippen LogP contribution in [0.1, 0.15) is 46.5 Å². The van der Waals surface area contributed by atoms with E-state index in [1.807, 2.05) is 0 Å². The van der Waals surface area contributed by atoms with E-state index in [1.54, 1.807) is 20.8 Å². The van der Waals surface area contributed by atoms with E-state index < -0.39 is 23.7 Å². The predicted molar refractivity (Wildman–Crippen MR) is 85.2 cm³/mol. The molecule has 8 nitrogen and oxygen atoms in total. The molecule has 0 aromatic carbocycles. The quantitative estimate of drug-likeness (QED) is 0.723. The average molecular weight is 342 g/mol. The third-order valence-electron chi connectivity index (χ3n) is 3.48. The number of hydrogen-bond acceptors (Lipinski definition) is 6. The van der Waals surface area contributed by atoms with Gasteiger partial charge in [-0.1, -0.05) is 0 Å². The maximum absolute atomic E-state index is 12.2. The maximum Gasteiger partial charge on any atom is 0.410 e. The number of rotatable bonds is 6. The van der Waals surface area contributed by atoms with Crippen molar-refractivity contribution in [3.63, 3.8) is 0 Å². The Hall–Kier alpha value is -2.12. The number of ketones is 1. The molecule has 1 aliphatic rings. The van der Waals surface area contributed by atoms with Gasteiger partial charge in [0.25, 0.3) is 0 Å². The van der Waals surface area contributed by atoms with Crippen LogP contribution in [0.5, 0.6) is 0 Å². The number of esters is 1. The molecule has 0 saturated carbocycles. The van der Waals surface area contributed by atoms with E-state index in [-0.39, 0.29) is 31.1 Å². The fraction of sp³-hybridized carbons (Fsp3) is 0.750. The first-order valence-electron chi connectivity index (χ1n) is 8.00. The molecular formula is C16H26N2O6. The van der Waals surface area contributed by atoms with Gasteiger partial charge < -0.3 is 14.8 Å². The predicted octanol–water partition coefficient (Wildman–Crippen LogP) is 1.02. The zero-order valence-corrected chi connectivity index (χ0v) is 14.7. The molecule has 0 spiro atoms. The molecule has 1 N–H and O–H groups in total. The molecule has 0 aliphatic carbocycles. The van der Waals surface area contributed by atoms with Crippen LogP contribution >= 0.6 is 0 Å². The number of Topliss-reactive ketones (excluding diaryl/α,β-unsaturated/α-hetero) is 1. The molecule has 0 bridgehead atoms. The van der Waals surface area contributed by atoms with Crippen LogP contribution in [0.3, 0.4) is 0 Å². The molecule has 2 amide bonds. The van der Waals surface area contributed by atoms with Crippen molar-refractivity contribution in [1.29, 1.82) is 0 Å². The number of carbonyl (C=O) groups is 4. The molecule has 1 aliphatic heterocycles. The van der Waals surface area contributed by atoms with Crippen LogP contribution in [0.2, 0.25) is 0 Å². The van der Waals surface area contributed by atoms with Gasteiger partial charge in [-0.25, -0.2) is 4.79 Å². The smallest absolute Gasteiger partial charge is 0.410 e. The number of nitrogens with one attached hydrogen (secondary N) is 1. The first-order valence-corrected chi connectivity index (χ1v) is 8.00. The minimum atomic E-state index is -0.634. The van der Waals surface area contributed by atoms with E-state index in [2.05, 4.69) is 10.1 Å². The zero-order chi connectivity index (χ0) is 18.3. The van der Waals surface area contributed by atoms with Crippen molar-refractivity contribution < 1.29 is 28.7 Å². The van der Waals surface area contributed by atoms with Gasteiger partial charge in [0.15, 0.2) is 5.78 Å². The summed E-state index contributed by atoms with van der Waals surface area (Å²) in [7, 11) is 1.25. The van der Waals surface area contributed by atoms with Crippen LogP contribution in [-0.2, 0) is 23.9 Å². The fourth-order valence-corrected chi connectivity index (χ4v) is 2.31. The highest BCUT2D eigenvalue weighted by atomic mass is 16.6. The molecule has 1 rings (SSSR count). The standard InChI is InChI=1S/C16H26N2O6/c1-16(2,3)24-15(22)18-9-5-6-12(18)14(21)17-10-11(19)7-8-13(20)23-4/h12H,5-10H2,1-4H3,(H,17,21)/t12-/m0/s1. The Morgan fingerprint density at radius 3 is 2.42 bits per heavy atom. The van der Waals surface area contributed by atoms with E-state index in [1.165, 1.54) is 12.0 Å². The van der Waals surface area contributed by atoms with Crippen molar-refractivity contribution in [3.05, 3.63) is 0 Å². The normalized spacial score (nSPS) is 17.3. The van der Waals surface area contributed by atoms with Gasteiger partial charge in [0.2, 0.25) is 5.91 Å². The Bertz CT molecular complexity index is 497. The third kappa shape index (κ3) is 6.55. The number of amides is 2. The topological polar surface area (TPSA) is 102 Å². The summed E-state index contributed by atoms with van der Waals surface area (Å²) < 4.78 is 9.74. The van der Waals surface area contributed by atoms with E-state index in [0.717, 1.165) is 0 Å². The molecule has 0 radical (unpaired) electrons. The second-order valence-electron chi connectivity index (χ2n) is 6.66. The van der Waals surface area contributed by atoms with Crippen LogP contribution in [0.25, 0.3) is 0 Å². The second-order valence-corrected chi connectivity index (χ2v) is 6.66. The monoisotopic (exact) mass is 342 g/mol. The van der Waals surface area contributed by atoms with Gasteiger partial charge >= 0.3 is 12.1 Å². The van der Waals surface area contributed by atoms with E-state index >= 15 is 0 Å². The van der Waals surface area contributed by atoms with E-state index in [9.17, 15) is 19.2 Å². The zero-order valence-electron chi connectivity index (χ0n) is 14.7. The van der Waals surface area contributed by atoms with Gasteiger partial charge in [-0.2, -0.15) is 0 Å². The first-order chi connectivity index (χ1) is 11.1. The van der Waals surface area contributed by atoms with Gasteiger partial charge in [0, 0.05) is 13.0 Å². The van der Waals surface area contributed by atoms with Gasteiger partial charge in [-0.05, 0) is 33.6 Å². The van der Waals surface area contributed by atoms with Crippen LogP contribution in [0.15, 0.2) is 0 Å². The highest BCUT2D eigenvalue weighted by molar-refractivity contribution is 5.91. The molecule has 1 heterocycles. The summed E-state index contributed by atoms with van der Waals surface area (Å²) in [6.45, 7) is 5.56. The molecule has 0 unspecified atom stereocenters. The minimum Gasteiger partial charge on any atom is -0.469 e. The summed E-state index contributed by atoms with van der Waals surface area (Å²) in [5.41, 5.74) is -0.634. The minimum absolute atomic E-state index is 0.00734. The van der Waals surface area contributed by atoms with Crippen LogP contribution in [0, 0.1) is 0 Å². The van der Waals surface area contributed by atoms with Gasteiger partial charge in [0.1, 0.15) is 11.6 Å². The lowest BCUT2D eigenvalue weighted by molar-refractivity contribution is -0.141. The number of likely N-dealkylation sites (tertiary alicyclic amines) is 1. The van der Waals surface area contributed by atoms with Crippen molar-refractivity contribution in [2.75, 3.05) is 20.2 Å². The SMILES string of the molecule is COC(=O)CCC(=O)CNC(=O)[C@@H]1CCCN1C(=O)OC(C)(C)C. The first kappa shape index (κ1) is 19.9. The lowest BCUT2D eigenvalue weighted by Crippen LogP contribution is -2.48. The molecule has 1 fully saturated rings.